The van der Waals surface area contributed by atoms with E-state index in [1.807, 2.05) is 36.4 Å². The van der Waals surface area contributed by atoms with E-state index in [-0.39, 0.29) is 0 Å². The van der Waals surface area contributed by atoms with E-state index in [1.54, 1.807) is 0 Å². The van der Waals surface area contributed by atoms with Gasteiger partial charge in [0, 0.05) is 15.8 Å². The van der Waals surface area contributed by atoms with Crippen molar-refractivity contribution < 1.29 is 0 Å². The third kappa shape index (κ3) is 2.99. The summed E-state index contributed by atoms with van der Waals surface area (Å²) in [6.45, 7) is 0. The van der Waals surface area contributed by atoms with Gasteiger partial charge in [-0.25, -0.2) is 0 Å². The van der Waals surface area contributed by atoms with E-state index in [4.69, 9.17) is 0 Å². The SMILES string of the molecule is c1ccc(SNNc2n[nH]c3c(-c4ccccc4)cccc23)cc1. The lowest BCUT2D eigenvalue weighted by Gasteiger charge is -2.06. The average molecular weight is 332 g/mol. The Kier molecular flexibility index (Phi) is 4.18. The number of hydrogen-bond donors (Lipinski definition) is 3. The molecule has 0 aliphatic carbocycles. The first-order valence-corrected chi connectivity index (χ1v) is 8.49. The molecule has 4 rings (SSSR count). The van der Waals surface area contributed by atoms with E-state index in [2.05, 4.69) is 62.9 Å². The maximum absolute atomic E-state index is 4.40. The number of nitrogens with zero attached hydrogens (tertiary/aromatic N) is 1. The van der Waals surface area contributed by atoms with Gasteiger partial charge in [-0.2, -0.15) is 9.93 Å². The third-order valence-electron chi connectivity index (χ3n) is 3.77. The fraction of sp³-hybridized carbons (Fsp3) is 0. The molecule has 0 saturated heterocycles. The lowest BCUT2D eigenvalue weighted by Crippen LogP contribution is -2.13. The molecule has 0 fully saturated rings. The molecule has 1 aromatic heterocycles. The van der Waals surface area contributed by atoms with Crippen molar-refractivity contribution >= 4 is 28.7 Å². The van der Waals surface area contributed by atoms with Gasteiger partial charge in [0.2, 0.25) is 0 Å². The Morgan fingerprint density at radius 3 is 2.33 bits per heavy atom. The fourth-order valence-electron chi connectivity index (χ4n) is 2.62. The molecule has 0 aliphatic heterocycles. The number of aromatic amines is 1. The van der Waals surface area contributed by atoms with Crippen LogP contribution in [0.2, 0.25) is 0 Å². The second-order valence-corrected chi connectivity index (χ2v) is 6.19. The minimum Gasteiger partial charge on any atom is -0.294 e. The Morgan fingerprint density at radius 1 is 0.792 bits per heavy atom. The summed E-state index contributed by atoms with van der Waals surface area (Å²) in [5.41, 5.74) is 6.51. The number of H-pyrrole nitrogens is 1. The standard InChI is InChI=1S/C19H16N4S/c1-3-8-14(9-4-1)16-12-7-13-17-18(16)20-21-19(17)22-23-24-15-10-5-2-6-11-15/h1-13,23H,(H2,20,21,22). The third-order valence-corrected chi connectivity index (χ3v) is 4.48. The first kappa shape index (κ1) is 14.8. The molecular weight excluding hydrogens is 316 g/mol. The van der Waals surface area contributed by atoms with Crippen molar-refractivity contribution in [3.05, 3.63) is 78.9 Å². The normalized spacial score (nSPS) is 10.8. The highest BCUT2D eigenvalue weighted by Crippen LogP contribution is 2.30. The summed E-state index contributed by atoms with van der Waals surface area (Å²) in [6.07, 6.45) is 0. The first-order chi connectivity index (χ1) is 11.9. The van der Waals surface area contributed by atoms with Crippen LogP contribution in [0.3, 0.4) is 0 Å². The number of nitrogens with one attached hydrogen (secondary N) is 3. The predicted molar refractivity (Wildman–Crippen MR) is 101 cm³/mol. The quantitative estimate of drug-likeness (QED) is 0.361. The Hall–Kier alpha value is -2.76. The second-order valence-electron chi connectivity index (χ2n) is 5.31. The van der Waals surface area contributed by atoms with Crippen LogP contribution in [0.4, 0.5) is 5.82 Å². The molecule has 4 nitrogen and oxygen atoms in total. The van der Waals surface area contributed by atoms with Crippen molar-refractivity contribution in [1.29, 1.82) is 0 Å². The maximum atomic E-state index is 4.40. The Morgan fingerprint density at radius 2 is 1.54 bits per heavy atom. The van der Waals surface area contributed by atoms with Gasteiger partial charge in [-0.3, -0.25) is 10.5 Å². The van der Waals surface area contributed by atoms with Crippen LogP contribution in [0, 0.1) is 0 Å². The van der Waals surface area contributed by atoms with Crippen LogP contribution in [-0.4, -0.2) is 10.2 Å². The zero-order chi connectivity index (χ0) is 16.2. The molecule has 24 heavy (non-hydrogen) atoms. The van der Waals surface area contributed by atoms with Crippen LogP contribution in [0.5, 0.6) is 0 Å². The number of rotatable bonds is 5. The maximum Gasteiger partial charge on any atom is 0.170 e. The van der Waals surface area contributed by atoms with Crippen LogP contribution in [-0.2, 0) is 0 Å². The molecule has 0 bridgehead atoms. The highest BCUT2D eigenvalue weighted by atomic mass is 32.2. The summed E-state index contributed by atoms with van der Waals surface area (Å²) in [7, 11) is 0. The molecule has 5 heteroatoms. The molecule has 0 atom stereocenters. The molecule has 4 aromatic rings. The molecule has 3 aromatic carbocycles. The number of benzene rings is 3. The van der Waals surface area contributed by atoms with Gasteiger partial charge in [0.05, 0.1) is 5.52 Å². The van der Waals surface area contributed by atoms with E-state index < -0.39 is 0 Å². The Bertz CT molecular complexity index is 935. The van der Waals surface area contributed by atoms with Gasteiger partial charge in [0.1, 0.15) is 0 Å². The van der Waals surface area contributed by atoms with Gasteiger partial charge in [-0.15, -0.1) is 0 Å². The number of hydrazine groups is 1. The minimum atomic E-state index is 0.784. The van der Waals surface area contributed by atoms with Gasteiger partial charge < -0.3 is 0 Å². The van der Waals surface area contributed by atoms with Crippen LogP contribution in [0.25, 0.3) is 22.0 Å². The molecule has 0 saturated carbocycles. The van der Waals surface area contributed by atoms with E-state index in [0.29, 0.717) is 0 Å². The summed E-state index contributed by atoms with van der Waals surface area (Å²) < 4.78 is 0. The highest BCUT2D eigenvalue weighted by Gasteiger charge is 2.10. The number of hydrogen-bond acceptors (Lipinski definition) is 4. The number of fused-ring (bicyclic) bond motifs is 1. The van der Waals surface area contributed by atoms with Crippen molar-refractivity contribution in [1.82, 2.24) is 15.0 Å². The smallest absolute Gasteiger partial charge is 0.170 e. The van der Waals surface area contributed by atoms with Crippen molar-refractivity contribution in [3.63, 3.8) is 0 Å². The van der Waals surface area contributed by atoms with E-state index >= 15 is 0 Å². The minimum absolute atomic E-state index is 0.784. The van der Waals surface area contributed by atoms with Crippen molar-refractivity contribution in [2.24, 2.45) is 0 Å². The second kappa shape index (κ2) is 6.78. The fourth-order valence-corrected chi connectivity index (χ4v) is 3.18. The van der Waals surface area contributed by atoms with Crippen molar-refractivity contribution in [2.45, 2.75) is 4.90 Å². The van der Waals surface area contributed by atoms with E-state index in [1.165, 1.54) is 17.5 Å². The lowest BCUT2D eigenvalue weighted by molar-refractivity contribution is 1.08. The summed E-state index contributed by atoms with van der Waals surface area (Å²) in [6, 6.07) is 26.7. The molecule has 0 unspecified atom stereocenters. The molecular formula is C19H16N4S. The molecule has 0 aliphatic rings. The monoisotopic (exact) mass is 332 g/mol. The Balaban J connectivity index is 1.57. The number of para-hydroxylation sites is 1. The lowest BCUT2D eigenvalue weighted by atomic mass is 10.0. The molecule has 1 heterocycles. The van der Waals surface area contributed by atoms with Crippen LogP contribution in [0.15, 0.2) is 83.8 Å². The topological polar surface area (TPSA) is 52.7 Å². The number of anilines is 1. The zero-order valence-electron chi connectivity index (χ0n) is 12.9. The molecule has 118 valence electrons. The van der Waals surface area contributed by atoms with Crippen molar-refractivity contribution in [3.8, 4) is 11.1 Å². The van der Waals surface area contributed by atoms with Gasteiger partial charge in [0.15, 0.2) is 5.82 Å². The summed E-state index contributed by atoms with van der Waals surface area (Å²) in [5.74, 6) is 0.784. The highest BCUT2D eigenvalue weighted by molar-refractivity contribution is 7.97. The predicted octanol–water partition coefficient (Wildman–Crippen LogP) is 4.85. The van der Waals surface area contributed by atoms with Crippen LogP contribution >= 0.6 is 11.9 Å². The summed E-state index contributed by atoms with van der Waals surface area (Å²) >= 11 is 1.51. The summed E-state index contributed by atoms with van der Waals surface area (Å²) in [4.78, 5) is 4.27. The molecule has 0 radical (unpaired) electrons. The van der Waals surface area contributed by atoms with Crippen molar-refractivity contribution in [2.75, 3.05) is 5.43 Å². The van der Waals surface area contributed by atoms with Gasteiger partial charge in [-0.05, 0) is 35.7 Å². The average Bonchev–Trinajstić information content (AvgIpc) is 3.07. The number of aromatic nitrogens is 2. The van der Waals surface area contributed by atoms with Gasteiger partial charge >= 0.3 is 0 Å². The van der Waals surface area contributed by atoms with E-state index in [0.717, 1.165) is 27.2 Å². The zero-order valence-corrected chi connectivity index (χ0v) is 13.7. The molecule has 0 amide bonds. The first-order valence-electron chi connectivity index (χ1n) is 7.67. The molecule has 3 N–H and O–H groups in total. The Labute approximate surface area is 144 Å². The van der Waals surface area contributed by atoms with Gasteiger partial charge in [0.25, 0.3) is 0 Å². The largest absolute Gasteiger partial charge is 0.294 e. The van der Waals surface area contributed by atoms with E-state index in [9.17, 15) is 0 Å². The molecule has 0 spiro atoms. The van der Waals surface area contributed by atoms with Crippen LogP contribution < -0.4 is 10.3 Å². The van der Waals surface area contributed by atoms with Gasteiger partial charge in [-0.1, -0.05) is 60.7 Å². The summed E-state index contributed by atoms with van der Waals surface area (Å²) in [5, 5.41) is 8.60. The van der Waals surface area contributed by atoms with Crippen LogP contribution in [0.1, 0.15) is 0 Å².